The SMILES string of the molecule is Fc1cccc([CH]CCc2ccc(-c3ccccc3)cc2)c1. The minimum Gasteiger partial charge on any atom is -0.207 e. The van der Waals surface area contributed by atoms with Crippen LogP contribution in [0.2, 0.25) is 0 Å². The Morgan fingerprint density at radius 2 is 1.45 bits per heavy atom. The first-order valence-electron chi connectivity index (χ1n) is 7.54. The van der Waals surface area contributed by atoms with Crippen LogP contribution in [0.4, 0.5) is 4.39 Å². The van der Waals surface area contributed by atoms with Crippen molar-refractivity contribution in [2.24, 2.45) is 0 Å². The first-order valence-corrected chi connectivity index (χ1v) is 7.54. The maximum Gasteiger partial charge on any atom is 0.123 e. The number of benzene rings is 3. The zero-order valence-electron chi connectivity index (χ0n) is 12.4. The van der Waals surface area contributed by atoms with E-state index in [-0.39, 0.29) is 5.82 Å². The fraction of sp³-hybridized carbons (Fsp3) is 0.0952. The molecular formula is C21H18F. The first kappa shape index (κ1) is 14.5. The smallest absolute Gasteiger partial charge is 0.123 e. The van der Waals surface area contributed by atoms with Crippen LogP contribution in [-0.4, -0.2) is 0 Å². The van der Waals surface area contributed by atoms with Crippen LogP contribution in [0.1, 0.15) is 17.5 Å². The van der Waals surface area contributed by atoms with Crippen LogP contribution in [0.5, 0.6) is 0 Å². The molecular weight excluding hydrogens is 271 g/mol. The van der Waals surface area contributed by atoms with Gasteiger partial charge in [-0.25, -0.2) is 4.39 Å². The average Bonchev–Trinajstić information content (AvgIpc) is 2.56. The zero-order chi connectivity index (χ0) is 15.2. The highest BCUT2D eigenvalue weighted by Crippen LogP contribution is 2.20. The molecule has 0 nitrogen and oxygen atoms in total. The van der Waals surface area contributed by atoms with E-state index in [4.69, 9.17) is 0 Å². The summed E-state index contributed by atoms with van der Waals surface area (Å²) in [4.78, 5) is 0. The van der Waals surface area contributed by atoms with Crippen LogP contribution in [0.25, 0.3) is 11.1 Å². The van der Waals surface area contributed by atoms with Gasteiger partial charge < -0.3 is 0 Å². The molecule has 1 heteroatoms. The Labute approximate surface area is 131 Å². The van der Waals surface area contributed by atoms with Crippen molar-refractivity contribution < 1.29 is 4.39 Å². The molecule has 0 aromatic heterocycles. The average molecular weight is 289 g/mol. The second-order valence-electron chi connectivity index (χ2n) is 5.36. The highest BCUT2D eigenvalue weighted by molar-refractivity contribution is 5.63. The van der Waals surface area contributed by atoms with Crippen molar-refractivity contribution in [3.8, 4) is 11.1 Å². The Morgan fingerprint density at radius 1 is 0.727 bits per heavy atom. The van der Waals surface area contributed by atoms with E-state index in [2.05, 4.69) is 55.0 Å². The molecule has 0 atom stereocenters. The summed E-state index contributed by atoms with van der Waals surface area (Å²) < 4.78 is 13.1. The molecule has 0 saturated heterocycles. The summed E-state index contributed by atoms with van der Waals surface area (Å²) >= 11 is 0. The van der Waals surface area contributed by atoms with Gasteiger partial charge in [0.2, 0.25) is 0 Å². The lowest BCUT2D eigenvalue weighted by molar-refractivity contribution is 0.626. The second kappa shape index (κ2) is 7.04. The van der Waals surface area contributed by atoms with Crippen molar-refractivity contribution in [3.05, 3.63) is 102 Å². The molecule has 3 aromatic rings. The lowest BCUT2D eigenvalue weighted by Gasteiger charge is -2.05. The molecule has 1 radical (unpaired) electrons. The van der Waals surface area contributed by atoms with Gasteiger partial charge in [0, 0.05) is 0 Å². The molecule has 0 amide bonds. The lowest BCUT2D eigenvalue weighted by Crippen LogP contribution is -1.89. The predicted molar refractivity (Wildman–Crippen MR) is 90.0 cm³/mol. The zero-order valence-corrected chi connectivity index (χ0v) is 12.4. The van der Waals surface area contributed by atoms with Crippen LogP contribution in [-0.2, 0) is 6.42 Å². The first-order chi connectivity index (χ1) is 10.8. The van der Waals surface area contributed by atoms with Crippen molar-refractivity contribution in [3.63, 3.8) is 0 Å². The largest absolute Gasteiger partial charge is 0.207 e. The standard InChI is InChI=1S/C21H18F/c22-21-11-5-8-18(16-21)7-4-6-17-12-14-20(15-13-17)19-9-2-1-3-10-19/h1-3,5,7-16H,4,6H2. The Balaban J connectivity index is 1.57. The molecule has 3 rings (SSSR count). The third kappa shape index (κ3) is 3.82. The summed E-state index contributed by atoms with van der Waals surface area (Å²) in [6, 6.07) is 25.7. The maximum absolute atomic E-state index is 13.1. The number of halogens is 1. The molecule has 0 aliphatic rings. The maximum atomic E-state index is 13.1. The molecule has 0 aliphatic heterocycles. The highest BCUT2D eigenvalue weighted by Gasteiger charge is 2.00. The molecule has 0 aliphatic carbocycles. The van der Waals surface area contributed by atoms with Gasteiger partial charge in [0.15, 0.2) is 0 Å². The molecule has 109 valence electrons. The van der Waals surface area contributed by atoms with Crippen LogP contribution in [0.15, 0.2) is 78.9 Å². The summed E-state index contributed by atoms with van der Waals surface area (Å²) in [7, 11) is 0. The second-order valence-corrected chi connectivity index (χ2v) is 5.36. The van der Waals surface area contributed by atoms with Gasteiger partial charge in [-0.2, -0.15) is 0 Å². The molecule has 3 aromatic carbocycles. The van der Waals surface area contributed by atoms with E-state index in [1.54, 1.807) is 12.1 Å². The predicted octanol–water partition coefficient (Wildman–Crippen LogP) is 5.68. The Kier molecular flexibility index (Phi) is 4.65. The number of hydrogen-bond acceptors (Lipinski definition) is 0. The molecule has 0 heterocycles. The molecule has 0 bridgehead atoms. The fourth-order valence-corrected chi connectivity index (χ4v) is 2.53. The van der Waals surface area contributed by atoms with Gasteiger partial charge in [0.1, 0.15) is 5.82 Å². The number of hydrogen-bond donors (Lipinski definition) is 0. The van der Waals surface area contributed by atoms with Crippen LogP contribution < -0.4 is 0 Å². The third-order valence-corrected chi connectivity index (χ3v) is 3.72. The van der Waals surface area contributed by atoms with Crippen molar-refractivity contribution in [2.75, 3.05) is 0 Å². The summed E-state index contributed by atoms with van der Waals surface area (Å²) in [5, 5.41) is 0. The van der Waals surface area contributed by atoms with Crippen molar-refractivity contribution in [2.45, 2.75) is 12.8 Å². The van der Waals surface area contributed by atoms with Gasteiger partial charge in [-0.05, 0) is 53.6 Å². The van der Waals surface area contributed by atoms with E-state index in [0.29, 0.717) is 0 Å². The van der Waals surface area contributed by atoms with E-state index in [0.717, 1.165) is 18.4 Å². The van der Waals surface area contributed by atoms with Crippen molar-refractivity contribution in [1.29, 1.82) is 0 Å². The molecule has 0 spiro atoms. The van der Waals surface area contributed by atoms with E-state index >= 15 is 0 Å². The van der Waals surface area contributed by atoms with Gasteiger partial charge in [-0.1, -0.05) is 66.7 Å². The quantitative estimate of drug-likeness (QED) is 0.567. The van der Waals surface area contributed by atoms with E-state index < -0.39 is 0 Å². The molecule has 0 fully saturated rings. The van der Waals surface area contributed by atoms with E-state index in [1.165, 1.54) is 22.8 Å². The Hall–Kier alpha value is -2.41. The molecule has 0 unspecified atom stereocenters. The van der Waals surface area contributed by atoms with E-state index in [9.17, 15) is 4.39 Å². The van der Waals surface area contributed by atoms with E-state index in [1.807, 2.05) is 12.1 Å². The summed E-state index contributed by atoms with van der Waals surface area (Å²) in [6.07, 6.45) is 3.95. The normalized spacial score (nSPS) is 10.6. The van der Waals surface area contributed by atoms with Crippen LogP contribution >= 0.6 is 0 Å². The van der Waals surface area contributed by atoms with Crippen LogP contribution in [0.3, 0.4) is 0 Å². The number of aryl methyl sites for hydroxylation is 1. The summed E-state index contributed by atoms with van der Waals surface area (Å²) in [5.41, 5.74) is 4.71. The van der Waals surface area contributed by atoms with Crippen LogP contribution in [0, 0.1) is 12.2 Å². The highest BCUT2D eigenvalue weighted by atomic mass is 19.1. The Bertz CT molecular complexity index is 714. The topological polar surface area (TPSA) is 0 Å². The van der Waals surface area contributed by atoms with Crippen molar-refractivity contribution in [1.82, 2.24) is 0 Å². The monoisotopic (exact) mass is 289 g/mol. The summed E-state index contributed by atoms with van der Waals surface area (Å²) in [6.45, 7) is 0. The van der Waals surface area contributed by atoms with Gasteiger partial charge in [-0.15, -0.1) is 0 Å². The summed E-state index contributed by atoms with van der Waals surface area (Å²) in [5.74, 6) is -0.180. The Morgan fingerprint density at radius 3 is 2.18 bits per heavy atom. The van der Waals surface area contributed by atoms with Gasteiger partial charge >= 0.3 is 0 Å². The molecule has 0 N–H and O–H groups in total. The minimum atomic E-state index is -0.180. The molecule has 22 heavy (non-hydrogen) atoms. The van der Waals surface area contributed by atoms with Gasteiger partial charge in [0.05, 0.1) is 0 Å². The number of rotatable bonds is 5. The van der Waals surface area contributed by atoms with Gasteiger partial charge in [0.25, 0.3) is 0 Å². The molecule has 0 saturated carbocycles. The lowest BCUT2D eigenvalue weighted by atomic mass is 10.0. The fourth-order valence-electron chi connectivity index (χ4n) is 2.53. The van der Waals surface area contributed by atoms with Gasteiger partial charge in [-0.3, -0.25) is 0 Å². The minimum absolute atomic E-state index is 0.180. The van der Waals surface area contributed by atoms with Crippen molar-refractivity contribution >= 4 is 0 Å². The third-order valence-electron chi connectivity index (χ3n) is 3.72.